The number of hydrogen-bond donors (Lipinski definition) is 0. The molecule has 0 aliphatic rings. The summed E-state index contributed by atoms with van der Waals surface area (Å²) in [5.41, 5.74) is 0. The zero-order valence-corrected chi connectivity index (χ0v) is 8.99. The fourth-order valence-corrected chi connectivity index (χ4v) is 1.07. The molecule has 0 bridgehead atoms. The molecule has 1 heteroatoms. The zero-order valence-electron chi connectivity index (χ0n) is 8.99. The average molecular weight is 192 g/mol. The first-order chi connectivity index (χ1) is 6.91. The highest BCUT2D eigenvalue weighted by atomic mass is 16.1. The van der Waals surface area contributed by atoms with Crippen LogP contribution in [0, 0.1) is 0 Å². The van der Waals surface area contributed by atoms with Gasteiger partial charge in [-0.1, -0.05) is 50.1 Å². The Morgan fingerprint density at radius 1 is 0.929 bits per heavy atom. The maximum Gasteiger partial charge on any atom is 0.142 e. The standard InChI is InChI=1S/C13H20O/c1-2-3-4-5-6-7-8-9-10-11-12-13-14/h6-7,9-13H,2-5,8H2,1H3/b7-6-,10-9-,12-11-. The van der Waals surface area contributed by atoms with Gasteiger partial charge in [0.15, 0.2) is 0 Å². The SMILES string of the molecule is CCCCC/C=C\C/C=C\C=C/C=O. The van der Waals surface area contributed by atoms with E-state index in [1.807, 2.05) is 12.2 Å². The van der Waals surface area contributed by atoms with Gasteiger partial charge in [0, 0.05) is 0 Å². The molecule has 0 heterocycles. The van der Waals surface area contributed by atoms with Crippen molar-refractivity contribution >= 4 is 6.29 Å². The van der Waals surface area contributed by atoms with Crippen molar-refractivity contribution < 1.29 is 4.79 Å². The molecular weight excluding hydrogens is 172 g/mol. The molecule has 0 amide bonds. The number of hydrogen-bond acceptors (Lipinski definition) is 1. The predicted molar refractivity (Wildman–Crippen MR) is 62.2 cm³/mol. The van der Waals surface area contributed by atoms with Gasteiger partial charge < -0.3 is 0 Å². The lowest BCUT2D eigenvalue weighted by Gasteiger charge is -1.90. The fourth-order valence-electron chi connectivity index (χ4n) is 1.07. The van der Waals surface area contributed by atoms with E-state index in [9.17, 15) is 4.79 Å². The van der Waals surface area contributed by atoms with Crippen LogP contribution in [0.2, 0.25) is 0 Å². The van der Waals surface area contributed by atoms with Crippen molar-refractivity contribution in [3.8, 4) is 0 Å². The Balaban J connectivity index is 3.29. The minimum atomic E-state index is 0.783. The maximum atomic E-state index is 9.91. The van der Waals surface area contributed by atoms with Crippen molar-refractivity contribution in [1.29, 1.82) is 0 Å². The van der Waals surface area contributed by atoms with Crippen LogP contribution in [0.15, 0.2) is 36.5 Å². The molecule has 0 atom stereocenters. The van der Waals surface area contributed by atoms with Crippen molar-refractivity contribution in [2.24, 2.45) is 0 Å². The van der Waals surface area contributed by atoms with E-state index in [0.717, 1.165) is 12.7 Å². The topological polar surface area (TPSA) is 17.1 Å². The van der Waals surface area contributed by atoms with Gasteiger partial charge in [0.2, 0.25) is 0 Å². The molecular formula is C13H20O. The van der Waals surface area contributed by atoms with Crippen LogP contribution in [0.25, 0.3) is 0 Å². The Bertz CT molecular complexity index is 199. The van der Waals surface area contributed by atoms with Gasteiger partial charge in [0.1, 0.15) is 6.29 Å². The Labute approximate surface area is 87.2 Å². The van der Waals surface area contributed by atoms with E-state index in [2.05, 4.69) is 19.1 Å². The summed E-state index contributed by atoms with van der Waals surface area (Å²) in [6.07, 6.45) is 18.4. The maximum absolute atomic E-state index is 9.91. The Morgan fingerprint density at radius 2 is 1.79 bits per heavy atom. The highest BCUT2D eigenvalue weighted by molar-refractivity contribution is 5.65. The molecule has 14 heavy (non-hydrogen) atoms. The van der Waals surface area contributed by atoms with Crippen LogP contribution in [0.4, 0.5) is 0 Å². The van der Waals surface area contributed by atoms with Gasteiger partial charge in [-0.2, -0.15) is 0 Å². The summed E-state index contributed by atoms with van der Waals surface area (Å²) in [6, 6.07) is 0. The predicted octanol–water partition coefficient (Wildman–Crippen LogP) is 3.82. The van der Waals surface area contributed by atoms with Crippen LogP contribution in [0.3, 0.4) is 0 Å². The van der Waals surface area contributed by atoms with Crippen molar-refractivity contribution in [1.82, 2.24) is 0 Å². The Morgan fingerprint density at radius 3 is 2.50 bits per heavy atom. The molecule has 78 valence electrons. The van der Waals surface area contributed by atoms with E-state index in [4.69, 9.17) is 0 Å². The van der Waals surface area contributed by atoms with Gasteiger partial charge in [0.05, 0.1) is 0 Å². The second-order valence-electron chi connectivity index (χ2n) is 3.15. The molecule has 0 aromatic heterocycles. The monoisotopic (exact) mass is 192 g/mol. The van der Waals surface area contributed by atoms with Crippen LogP contribution in [-0.4, -0.2) is 6.29 Å². The highest BCUT2D eigenvalue weighted by Gasteiger charge is 1.80. The minimum absolute atomic E-state index is 0.783. The van der Waals surface area contributed by atoms with Crippen LogP contribution >= 0.6 is 0 Å². The van der Waals surface area contributed by atoms with Crippen LogP contribution in [0.1, 0.15) is 39.0 Å². The van der Waals surface area contributed by atoms with Gasteiger partial charge >= 0.3 is 0 Å². The molecule has 0 fully saturated rings. The van der Waals surface area contributed by atoms with Crippen molar-refractivity contribution in [2.45, 2.75) is 39.0 Å². The molecule has 0 radical (unpaired) electrons. The van der Waals surface area contributed by atoms with Crippen molar-refractivity contribution in [2.75, 3.05) is 0 Å². The molecule has 0 saturated heterocycles. The Kier molecular flexibility index (Phi) is 10.9. The number of unbranched alkanes of at least 4 members (excludes halogenated alkanes) is 3. The first-order valence-electron chi connectivity index (χ1n) is 5.33. The summed E-state index contributed by atoms with van der Waals surface area (Å²) in [5.74, 6) is 0. The van der Waals surface area contributed by atoms with Gasteiger partial charge in [-0.05, 0) is 25.3 Å². The molecule has 0 unspecified atom stereocenters. The minimum Gasteiger partial charge on any atom is -0.299 e. The molecule has 0 spiro atoms. The summed E-state index contributed by atoms with van der Waals surface area (Å²) in [5, 5.41) is 0. The summed E-state index contributed by atoms with van der Waals surface area (Å²) in [6.45, 7) is 2.21. The van der Waals surface area contributed by atoms with Crippen LogP contribution in [-0.2, 0) is 4.79 Å². The zero-order chi connectivity index (χ0) is 10.5. The molecule has 0 aliphatic carbocycles. The van der Waals surface area contributed by atoms with Gasteiger partial charge in [-0.25, -0.2) is 0 Å². The van der Waals surface area contributed by atoms with Gasteiger partial charge in [0.25, 0.3) is 0 Å². The largest absolute Gasteiger partial charge is 0.299 e. The van der Waals surface area contributed by atoms with Crippen molar-refractivity contribution in [3.63, 3.8) is 0 Å². The molecule has 0 rings (SSSR count). The van der Waals surface area contributed by atoms with E-state index in [0.29, 0.717) is 0 Å². The first-order valence-corrected chi connectivity index (χ1v) is 5.33. The molecule has 1 nitrogen and oxygen atoms in total. The quantitative estimate of drug-likeness (QED) is 0.188. The van der Waals surface area contributed by atoms with Crippen molar-refractivity contribution in [3.05, 3.63) is 36.5 Å². The fraction of sp³-hybridized carbons (Fsp3) is 0.462. The second kappa shape index (κ2) is 11.9. The van der Waals surface area contributed by atoms with E-state index >= 15 is 0 Å². The average Bonchev–Trinajstić information content (AvgIpc) is 2.21. The smallest absolute Gasteiger partial charge is 0.142 e. The molecule has 0 aromatic rings. The van der Waals surface area contributed by atoms with E-state index < -0.39 is 0 Å². The van der Waals surface area contributed by atoms with E-state index in [-0.39, 0.29) is 0 Å². The van der Waals surface area contributed by atoms with Gasteiger partial charge in [-0.3, -0.25) is 4.79 Å². The lowest BCUT2D eigenvalue weighted by atomic mass is 10.2. The number of allylic oxidation sites excluding steroid dienone is 6. The number of carbonyl (C=O) groups excluding carboxylic acids is 1. The molecule has 0 aliphatic heterocycles. The second-order valence-corrected chi connectivity index (χ2v) is 3.15. The summed E-state index contributed by atoms with van der Waals surface area (Å²) in [7, 11) is 0. The number of aldehydes is 1. The van der Waals surface area contributed by atoms with Gasteiger partial charge in [-0.15, -0.1) is 0 Å². The molecule has 0 N–H and O–H groups in total. The lowest BCUT2D eigenvalue weighted by Crippen LogP contribution is -1.70. The third kappa shape index (κ3) is 10.9. The third-order valence-corrected chi connectivity index (χ3v) is 1.85. The molecule has 0 saturated carbocycles. The summed E-state index contributed by atoms with van der Waals surface area (Å²) < 4.78 is 0. The normalized spacial score (nSPS) is 12.1. The highest BCUT2D eigenvalue weighted by Crippen LogP contribution is 2.00. The first kappa shape index (κ1) is 12.9. The van der Waals surface area contributed by atoms with E-state index in [1.165, 1.54) is 31.8 Å². The summed E-state index contributed by atoms with van der Waals surface area (Å²) in [4.78, 5) is 9.91. The number of carbonyl (C=O) groups is 1. The van der Waals surface area contributed by atoms with Crippen LogP contribution < -0.4 is 0 Å². The van der Waals surface area contributed by atoms with E-state index in [1.54, 1.807) is 6.08 Å². The molecule has 0 aromatic carbocycles. The third-order valence-electron chi connectivity index (χ3n) is 1.85. The Hall–Kier alpha value is -1.11. The number of rotatable bonds is 8. The summed E-state index contributed by atoms with van der Waals surface area (Å²) >= 11 is 0. The lowest BCUT2D eigenvalue weighted by molar-refractivity contribution is -0.104. The van der Waals surface area contributed by atoms with Crippen LogP contribution in [0.5, 0.6) is 0 Å².